The van der Waals surface area contributed by atoms with Crippen LogP contribution in [0.3, 0.4) is 0 Å². The van der Waals surface area contributed by atoms with Crippen LogP contribution in [0.15, 0.2) is 22.7 Å². The van der Waals surface area contributed by atoms with Gasteiger partial charge in [0, 0.05) is 17.0 Å². The number of rotatable bonds is 9. The van der Waals surface area contributed by atoms with E-state index in [4.69, 9.17) is 4.74 Å². The Labute approximate surface area is 130 Å². The average Bonchev–Trinajstić information content (AvgIpc) is 2.45. The Morgan fingerprint density at radius 3 is 2.60 bits per heavy atom. The summed E-state index contributed by atoms with van der Waals surface area (Å²) in [6.45, 7) is 2.21. The summed E-state index contributed by atoms with van der Waals surface area (Å²) >= 11 is 3.43. The molecular formula is C16H24BrNO2. The molecule has 0 saturated heterocycles. The van der Waals surface area contributed by atoms with Gasteiger partial charge in [-0.2, -0.15) is 0 Å². The molecule has 0 atom stereocenters. The van der Waals surface area contributed by atoms with Crippen LogP contribution in [0.4, 0.5) is 5.69 Å². The molecule has 1 aromatic rings. The number of benzene rings is 1. The number of carbonyl (C=O) groups is 1. The van der Waals surface area contributed by atoms with E-state index in [0.29, 0.717) is 6.42 Å². The fraction of sp³-hybridized carbons (Fsp3) is 0.562. The minimum atomic E-state index is 0.0643. The van der Waals surface area contributed by atoms with Crippen molar-refractivity contribution in [3.8, 4) is 5.75 Å². The van der Waals surface area contributed by atoms with Crippen molar-refractivity contribution in [2.24, 2.45) is 0 Å². The van der Waals surface area contributed by atoms with E-state index in [9.17, 15) is 4.79 Å². The van der Waals surface area contributed by atoms with E-state index in [1.165, 1.54) is 25.7 Å². The molecule has 0 aromatic heterocycles. The summed E-state index contributed by atoms with van der Waals surface area (Å²) < 4.78 is 6.03. The molecule has 20 heavy (non-hydrogen) atoms. The minimum Gasteiger partial charge on any atom is -0.497 e. The summed E-state index contributed by atoms with van der Waals surface area (Å²) in [6, 6.07) is 5.55. The molecular weight excluding hydrogens is 318 g/mol. The first-order valence-corrected chi connectivity index (χ1v) is 8.10. The number of unbranched alkanes of at least 4 members (excludes halogenated alkanes) is 5. The van der Waals surface area contributed by atoms with E-state index in [2.05, 4.69) is 28.2 Å². The van der Waals surface area contributed by atoms with Crippen LogP contribution in [0.5, 0.6) is 5.75 Å². The SMILES string of the molecule is CCCCCCCCC(=O)Nc1cc(OC)ccc1Br. The summed E-state index contributed by atoms with van der Waals surface area (Å²) in [5, 5.41) is 2.92. The van der Waals surface area contributed by atoms with Gasteiger partial charge in [-0.25, -0.2) is 0 Å². The van der Waals surface area contributed by atoms with E-state index in [1.54, 1.807) is 7.11 Å². The number of hydrogen-bond acceptors (Lipinski definition) is 2. The minimum absolute atomic E-state index is 0.0643. The van der Waals surface area contributed by atoms with Crippen LogP contribution in [0.1, 0.15) is 51.9 Å². The Morgan fingerprint density at radius 1 is 1.20 bits per heavy atom. The van der Waals surface area contributed by atoms with Crippen molar-refractivity contribution in [2.75, 3.05) is 12.4 Å². The molecule has 0 aliphatic heterocycles. The third-order valence-electron chi connectivity index (χ3n) is 3.21. The van der Waals surface area contributed by atoms with Gasteiger partial charge in [-0.1, -0.05) is 39.0 Å². The maximum atomic E-state index is 11.9. The summed E-state index contributed by atoms with van der Waals surface area (Å²) in [7, 11) is 1.62. The fourth-order valence-corrected chi connectivity index (χ4v) is 2.35. The highest BCUT2D eigenvalue weighted by molar-refractivity contribution is 9.10. The van der Waals surface area contributed by atoms with Crippen LogP contribution in [0, 0.1) is 0 Å². The number of anilines is 1. The number of methoxy groups -OCH3 is 1. The molecule has 0 unspecified atom stereocenters. The molecule has 3 nitrogen and oxygen atoms in total. The van der Waals surface area contributed by atoms with Gasteiger partial charge in [0.1, 0.15) is 5.75 Å². The van der Waals surface area contributed by atoms with Crippen LogP contribution in [-0.2, 0) is 4.79 Å². The number of halogens is 1. The maximum Gasteiger partial charge on any atom is 0.224 e. The summed E-state index contributed by atoms with van der Waals surface area (Å²) in [6.07, 6.45) is 7.72. The second kappa shape index (κ2) is 9.81. The third kappa shape index (κ3) is 6.42. The molecule has 0 fully saturated rings. The second-order valence-corrected chi connectivity index (χ2v) is 5.77. The molecule has 0 saturated carbocycles. The molecule has 0 bridgehead atoms. The standard InChI is InChI=1S/C16H24BrNO2/c1-3-4-5-6-7-8-9-16(19)18-15-12-13(20-2)10-11-14(15)17/h10-12H,3-9H2,1-2H3,(H,18,19). The monoisotopic (exact) mass is 341 g/mol. The Morgan fingerprint density at radius 2 is 1.90 bits per heavy atom. The van der Waals surface area contributed by atoms with Crippen molar-refractivity contribution < 1.29 is 9.53 Å². The zero-order valence-electron chi connectivity index (χ0n) is 12.4. The van der Waals surface area contributed by atoms with Gasteiger partial charge in [-0.05, 0) is 34.5 Å². The van der Waals surface area contributed by atoms with Crippen LogP contribution >= 0.6 is 15.9 Å². The Balaban J connectivity index is 2.31. The van der Waals surface area contributed by atoms with Gasteiger partial charge in [-0.15, -0.1) is 0 Å². The molecule has 0 spiro atoms. The van der Waals surface area contributed by atoms with E-state index >= 15 is 0 Å². The highest BCUT2D eigenvalue weighted by Crippen LogP contribution is 2.27. The molecule has 0 heterocycles. The van der Waals surface area contributed by atoms with Crippen molar-refractivity contribution in [3.05, 3.63) is 22.7 Å². The van der Waals surface area contributed by atoms with Gasteiger partial charge >= 0.3 is 0 Å². The number of nitrogens with one attached hydrogen (secondary N) is 1. The molecule has 1 amide bonds. The van der Waals surface area contributed by atoms with E-state index in [0.717, 1.165) is 28.8 Å². The van der Waals surface area contributed by atoms with Crippen molar-refractivity contribution in [1.29, 1.82) is 0 Å². The first-order valence-electron chi connectivity index (χ1n) is 7.30. The van der Waals surface area contributed by atoms with Gasteiger partial charge < -0.3 is 10.1 Å². The fourth-order valence-electron chi connectivity index (χ4n) is 2.01. The Bertz CT molecular complexity index is 421. The number of ether oxygens (including phenoxy) is 1. The largest absolute Gasteiger partial charge is 0.497 e. The van der Waals surface area contributed by atoms with Crippen molar-refractivity contribution in [3.63, 3.8) is 0 Å². The number of amides is 1. The van der Waals surface area contributed by atoms with Crippen LogP contribution in [0.25, 0.3) is 0 Å². The van der Waals surface area contributed by atoms with Crippen LogP contribution in [-0.4, -0.2) is 13.0 Å². The summed E-state index contributed by atoms with van der Waals surface area (Å²) in [5.74, 6) is 0.803. The molecule has 0 aliphatic carbocycles. The lowest BCUT2D eigenvalue weighted by Crippen LogP contribution is -2.11. The smallest absolute Gasteiger partial charge is 0.224 e. The molecule has 0 radical (unpaired) electrons. The molecule has 112 valence electrons. The van der Waals surface area contributed by atoms with Gasteiger partial charge in [0.2, 0.25) is 5.91 Å². The lowest BCUT2D eigenvalue weighted by atomic mass is 10.1. The van der Waals surface area contributed by atoms with Gasteiger partial charge in [-0.3, -0.25) is 4.79 Å². The third-order valence-corrected chi connectivity index (χ3v) is 3.90. The van der Waals surface area contributed by atoms with Crippen molar-refractivity contribution in [1.82, 2.24) is 0 Å². The lowest BCUT2D eigenvalue weighted by Gasteiger charge is -2.09. The topological polar surface area (TPSA) is 38.3 Å². The molecule has 0 aliphatic rings. The van der Waals surface area contributed by atoms with Gasteiger partial charge in [0.15, 0.2) is 0 Å². The quantitative estimate of drug-likeness (QED) is 0.631. The zero-order chi connectivity index (χ0) is 14.8. The normalized spacial score (nSPS) is 10.3. The Kier molecular flexibility index (Phi) is 8.35. The van der Waals surface area contributed by atoms with Crippen molar-refractivity contribution >= 4 is 27.5 Å². The van der Waals surface area contributed by atoms with Crippen LogP contribution < -0.4 is 10.1 Å². The number of carbonyl (C=O) groups excluding carboxylic acids is 1. The second-order valence-electron chi connectivity index (χ2n) is 4.91. The van der Waals surface area contributed by atoms with Gasteiger partial charge in [0.25, 0.3) is 0 Å². The highest BCUT2D eigenvalue weighted by Gasteiger charge is 2.06. The predicted octanol–water partition coefficient (Wildman–Crippen LogP) is 5.15. The maximum absolute atomic E-state index is 11.9. The van der Waals surface area contributed by atoms with E-state index in [1.807, 2.05) is 18.2 Å². The first-order chi connectivity index (χ1) is 9.67. The lowest BCUT2D eigenvalue weighted by molar-refractivity contribution is -0.116. The summed E-state index contributed by atoms with van der Waals surface area (Å²) in [4.78, 5) is 11.9. The molecule has 4 heteroatoms. The summed E-state index contributed by atoms with van der Waals surface area (Å²) in [5.41, 5.74) is 0.764. The molecule has 1 aromatic carbocycles. The molecule has 1 rings (SSSR count). The Hall–Kier alpha value is -1.03. The van der Waals surface area contributed by atoms with E-state index in [-0.39, 0.29) is 5.91 Å². The zero-order valence-corrected chi connectivity index (χ0v) is 14.0. The van der Waals surface area contributed by atoms with Crippen LogP contribution in [0.2, 0.25) is 0 Å². The number of hydrogen-bond donors (Lipinski definition) is 1. The predicted molar refractivity (Wildman–Crippen MR) is 87.3 cm³/mol. The van der Waals surface area contributed by atoms with E-state index < -0.39 is 0 Å². The molecule has 1 N–H and O–H groups in total. The van der Waals surface area contributed by atoms with Gasteiger partial charge in [0.05, 0.1) is 12.8 Å². The highest BCUT2D eigenvalue weighted by atomic mass is 79.9. The van der Waals surface area contributed by atoms with Crippen molar-refractivity contribution in [2.45, 2.75) is 51.9 Å². The average molecular weight is 342 g/mol. The first kappa shape index (κ1) is 17.0.